The average molecular weight is 265 g/mol. The van der Waals surface area contributed by atoms with E-state index in [1.807, 2.05) is 60.7 Å². The van der Waals surface area contributed by atoms with Crippen LogP contribution in [0.5, 0.6) is 0 Å². The summed E-state index contributed by atoms with van der Waals surface area (Å²) in [7, 11) is 0. The molecule has 3 rings (SSSR count). The second-order valence-corrected chi connectivity index (χ2v) is 4.66. The second kappa shape index (κ2) is 5.61. The van der Waals surface area contributed by atoms with Gasteiger partial charge in [0, 0.05) is 0 Å². The van der Waals surface area contributed by atoms with Gasteiger partial charge in [-0.05, 0) is 29.0 Å². The summed E-state index contributed by atoms with van der Waals surface area (Å²) in [6.45, 7) is 0.295. The molecule has 0 aliphatic carbocycles. The Balaban J connectivity index is 1.71. The summed E-state index contributed by atoms with van der Waals surface area (Å²) in [5.74, 6) is -0.259. The van der Waals surface area contributed by atoms with Crippen molar-refractivity contribution >= 4 is 12.0 Å². The van der Waals surface area contributed by atoms with Gasteiger partial charge < -0.3 is 10.1 Å². The summed E-state index contributed by atoms with van der Waals surface area (Å²) in [6.07, 6.45) is 3.74. The topological polar surface area (TPSA) is 38.3 Å². The number of hydrogen-bond donors (Lipinski definition) is 1. The molecule has 2 aromatic rings. The van der Waals surface area contributed by atoms with E-state index in [0.717, 1.165) is 16.7 Å². The SMILES string of the molecule is O=C(OCc1ccccc1)C1NC=Cc2ccccc21. The molecule has 3 heteroatoms. The molecular formula is C17H15NO2. The monoisotopic (exact) mass is 265 g/mol. The highest BCUT2D eigenvalue weighted by Gasteiger charge is 2.24. The van der Waals surface area contributed by atoms with Gasteiger partial charge >= 0.3 is 5.97 Å². The van der Waals surface area contributed by atoms with Crippen LogP contribution in [0.25, 0.3) is 6.08 Å². The van der Waals surface area contributed by atoms with Gasteiger partial charge in [0.05, 0.1) is 0 Å². The minimum Gasteiger partial charge on any atom is -0.459 e. The molecule has 100 valence electrons. The van der Waals surface area contributed by atoms with Crippen molar-refractivity contribution in [1.29, 1.82) is 0 Å². The molecule has 20 heavy (non-hydrogen) atoms. The molecule has 1 unspecified atom stereocenters. The van der Waals surface area contributed by atoms with Crippen molar-refractivity contribution in [1.82, 2.24) is 5.32 Å². The molecule has 1 aliphatic heterocycles. The van der Waals surface area contributed by atoms with Crippen LogP contribution in [-0.2, 0) is 16.1 Å². The van der Waals surface area contributed by atoms with Crippen molar-refractivity contribution < 1.29 is 9.53 Å². The Morgan fingerprint density at radius 3 is 2.65 bits per heavy atom. The molecule has 0 amide bonds. The number of rotatable bonds is 3. The zero-order valence-electron chi connectivity index (χ0n) is 11.0. The van der Waals surface area contributed by atoms with E-state index in [9.17, 15) is 4.79 Å². The van der Waals surface area contributed by atoms with Crippen LogP contribution in [-0.4, -0.2) is 5.97 Å². The van der Waals surface area contributed by atoms with Crippen LogP contribution in [0, 0.1) is 0 Å². The third kappa shape index (κ3) is 2.57. The first-order valence-electron chi connectivity index (χ1n) is 6.57. The van der Waals surface area contributed by atoms with E-state index in [0.29, 0.717) is 6.61 Å². The maximum atomic E-state index is 12.2. The summed E-state index contributed by atoms with van der Waals surface area (Å²) in [6, 6.07) is 17.1. The molecule has 0 saturated heterocycles. The first-order valence-corrected chi connectivity index (χ1v) is 6.57. The molecular weight excluding hydrogens is 250 g/mol. The third-order valence-electron chi connectivity index (χ3n) is 3.29. The lowest BCUT2D eigenvalue weighted by molar-refractivity contribution is -0.147. The van der Waals surface area contributed by atoms with Gasteiger partial charge in [-0.1, -0.05) is 54.6 Å². The van der Waals surface area contributed by atoms with Crippen LogP contribution in [0.2, 0.25) is 0 Å². The zero-order valence-corrected chi connectivity index (χ0v) is 11.0. The minimum atomic E-state index is -0.431. The lowest BCUT2D eigenvalue weighted by Gasteiger charge is -2.22. The number of carbonyl (C=O) groups excluding carboxylic acids is 1. The molecule has 0 fully saturated rings. The first-order chi connectivity index (χ1) is 9.84. The molecule has 1 N–H and O–H groups in total. The third-order valence-corrected chi connectivity index (χ3v) is 3.29. The van der Waals surface area contributed by atoms with Gasteiger partial charge in [0.2, 0.25) is 0 Å². The van der Waals surface area contributed by atoms with Gasteiger partial charge in [-0.25, -0.2) is 4.79 Å². The minimum absolute atomic E-state index is 0.259. The maximum absolute atomic E-state index is 12.2. The van der Waals surface area contributed by atoms with Crippen LogP contribution in [0.1, 0.15) is 22.7 Å². The van der Waals surface area contributed by atoms with Crippen molar-refractivity contribution in [2.24, 2.45) is 0 Å². The quantitative estimate of drug-likeness (QED) is 0.867. The van der Waals surface area contributed by atoms with Gasteiger partial charge in [-0.3, -0.25) is 0 Å². The fourth-order valence-electron chi connectivity index (χ4n) is 2.26. The van der Waals surface area contributed by atoms with Gasteiger partial charge in [0.1, 0.15) is 6.61 Å². The summed E-state index contributed by atoms with van der Waals surface area (Å²) < 4.78 is 5.39. The standard InChI is InChI=1S/C17H15NO2/c19-17(20-12-13-6-2-1-3-7-13)16-15-9-5-4-8-14(15)10-11-18-16/h1-11,16,18H,12H2. The average Bonchev–Trinajstić information content (AvgIpc) is 2.53. The van der Waals surface area contributed by atoms with Crippen molar-refractivity contribution in [2.75, 3.05) is 0 Å². The van der Waals surface area contributed by atoms with Crippen molar-refractivity contribution in [2.45, 2.75) is 12.6 Å². The molecule has 2 aromatic carbocycles. The van der Waals surface area contributed by atoms with Gasteiger partial charge in [-0.2, -0.15) is 0 Å². The Hall–Kier alpha value is -2.55. The number of nitrogens with one attached hydrogen (secondary N) is 1. The number of ether oxygens (including phenoxy) is 1. The summed E-state index contributed by atoms with van der Waals surface area (Å²) in [5, 5.41) is 3.06. The zero-order chi connectivity index (χ0) is 13.8. The van der Waals surface area contributed by atoms with E-state index in [1.54, 1.807) is 6.20 Å². The number of fused-ring (bicyclic) bond motifs is 1. The first kappa shape index (κ1) is 12.5. The van der Waals surface area contributed by atoms with Crippen molar-refractivity contribution in [3.05, 3.63) is 77.5 Å². The molecule has 0 saturated carbocycles. The van der Waals surface area contributed by atoms with Crippen LogP contribution in [0.3, 0.4) is 0 Å². The number of hydrogen-bond acceptors (Lipinski definition) is 3. The predicted molar refractivity (Wildman–Crippen MR) is 77.6 cm³/mol. The Morgan fingerprint density at radius 2 is 1.80 bits per heavy atom. The van der Waals surface area contributed by atoms with E-state index >= 15 is 0 Å². The highest BCUT2D eigenvalue weighted by molar-refractivity contribution is 5.81. The number of carbonyl (C=O) groups is 1. The highest BCUT2D eigenvalue weighted by atomic mass is 16.5. The van der Waals surface area contributed by atoms with Gasteiger partial charge in [0.25, 0.3) is 0 Å². The molecule has 1 heterocycles. The molecule has 0 radical (unpaired) electrons. The second-order valence-electron chi connectivity index (χ2n) is 4.66. The fourth-order valence-corrected chi connectivity index (χ4v) is 2.26. The normalized spacial score (nSPS) is 16.1. The lowest BCUT2D eigenvalue weighted by atomic mass is 9.98. The lowest BCUT2D eigenvalue weighted by Crippen LogP contribution is -2.29. The summed E-state index contributed by atoms with van der Waals surface area (Å²) in [5.41, 5.74) is 2.99. The highest BCUT2D eigenvalue weighted by Crippen LogP contribution is 2.24. The van der Waals surface area contributed by atoms with E-state index in [-0.39, 0.29) is 5.97 Å². The molecule has 3 nitrogen and oxygen atoms in total. The van der Waals surface area contributed by atoms with Crippen LogP contribution in [0.15, 0.2) is 60.8 Å². The predicted octanol–water partition coefficient (Wildman–Crippen LogP) is 3.05. The van der Waals surface area contributed by atoms with Crippen LogP contribution >= 0.6 is 0 Å². The Bertz CT molecular complexity index is 634. The molecule has 0 spiro atoms. The molecule has 1 aliphatic rings. The Labute approximate surface area is 117 Å². The van der Waals surface area contributed by atoms with E-state index < -0.39 is 6.04 Å². The largest absolute Gasteiger partial charge is 0.459 e. The smallest absolute Gasteiger partial charge is 0.333 e. The fraction of sp³-hybridized carbons (Fsp3) is 0.118. The number of esters is 1. The van der Waals surface area contributed by atoms with Crippen molar-refractivity contribution in [3.63, 3.8) is 0 Å². The summed E-state index contributed by atoms with van der Waals surface area (Å²) >= 11 is 0. The molecule has 1 atom stereocenters. The Morgan fingerprint density at radius 1 is 1.05 bits per heavy atom. The number of benzene rings is 2. The van der Waals surface area contributed by atoms with E-state index in [4.69, 9.17) is 4.74 Å². The van der Waals surface area contributed by atoms with Crippen LogP contribution in [0.4, 0.5) is 0 Å². The molecule has 0 aromatic heterocycles. The van der Waals surface area contributed by atoms with E-state index in [2.05, 4.69) is 5.32 Å². The molecule has 0 bridgehead atoms. The Kier molecular flexibility index (Phi) is 3.50. The van der Waals surface area contributed by atoms with Crippen molar-refractivity contribution in [3.8, 4) is 0 Å². The summed E-state index contributed by atoms with van der Waals surface area (Å²) in [4.78, 5) is 12.2. The van der Waals surface area contributed by atoms with Crippen LogP contribution < -0.4 is 5.32 Å². The van der Waals surface area contributed by atoms with Gasteiger partial charge in [0.15, 0.2) is 6.04 Å². The van der Waals surface area contributed by atoms with Gasteiger partial charge in [-0.15, -0.1) is 0 Å². The maximum Gasteiger partial charge on any atom is 0.333 e. The van der Waals surface area contributed by atoms with E-state index in [1.165, 1.54) is 0 Å².